The van der Waals surface area contributed by atoms with Gasteiger partial charge < -0.3 is 15.3 Å². The summed E-state index contributed by atoms with van der Waals surface area (Å²) < 4.78 is 0. The number of benzene rings is 1. The van der Waals surface area contributed by atoms with E-state index in [0.29, 0.717) is 23.7 Å². The summed E-state index contributed by atoms with van der Waals surface area (Å²) in [5.74, 6) is 0.493. The molecule has 1 fully saturated rings. The number of carbonyl (C=O) groups is 1. The first-order valence-corrected chi connectivity index (χ1v) is 7.74. The third-order valence-electron chi connectivity index (χ3n) is 4.00. The number of aliphatic hydroxyl groups is 1. The molecule has 0 aliphatic carbocycles. The van der Waals surface area contributed by atoms with E-state index < -0.39 is 0 Å². The van der Waals surface area contributed by atoms with Crippen LogP contribution in [0.1, 0.15) is 10.4 Å². The molecule has 2 aromatic rings. The van der Waals surface area contributed by atoms with Crippen molar-refractivity contribution in [3.05, 3.63) is 53.4 Å². The zero-order valence-electron chi connectivity index (χ0n) is 12.4. The van der Waals surface area contributed by atoms with Crippen LogP contribution in [-0.4, -0.2) is 46.7 Å². The molecule has 7 heteroatoms. The fraction of sp³-hybridized carbons (Fsp3) is 0.312. The van der Waals surface area contributed by atoms with Crippen LogP contribution in [0.4, 0.5) is 5.82 Å². The van der Waals surface area contributed by atoms with Gasteiger partial charge in [0.05, 0.1) is 16.6 Å². The number of hydrogen-bond donors (Lipinski definition) is 2. The van der Waals surface area contributed by atoms with Crippen molar-refractivity contribution < 1.29 is 9.90 Å². The highest BCUT2D eigenvalue weighted by Gasteiger charge is 2.34. The minimum absolute atomic E-state index is 0.00491. The molecule has 1 aromatic carbocycles. The van der Waals surface area contributed by atoms with E-state index in [-0.39, 0.29) is 24.5 Å². The number of halogens is 1. The summed E-state index contributed by atoms with van der Waals surface area (Å²) in [7, 11) is 0. The van der Waals surface area contributed by atoms with Crippen molar-refractivity contribution in [1.82, 2.24) is 15.3 Å². The maximum atomic E-state index is 12.4. The van der Waals surface area contributed by atoms with Gasteiger partial charge in [-0.1, -0.05) is 23.7 Å². The Morgan fingerprint density at radius 1 is 1.35 bits per heavy atom. The lowest BCUT2D eigenvalue weighted by atomic mass is 10.0. The van der Waals surface area contributed by atoms with Gasteiger partial charge in [-0.15, -0.1) is 0 Å². The van der Waals surface area contributed by atoms with E-state index in [1.807, 2.05) is 11.0 Å². The van der Waals surface area contributed by atoms with Gasteiger partial charge >= 0.3 is 0 Å². The molecule has 0 radical (unpaired) electrons. The Labute approximate surface area is 139 Å². The van der Waals surface area contributed by atoms with Gasteiger partial charge in [0.25, 0.3) is 5.91 Å². The van der Waals surface area contributed by atoms with Crippen LogP contribution in [0, 0.1) is 5.92 Å². The average molecular weight is 333 g/mol. The molecule has 2 heterocycles. The molecule has 1 aliphatic heterocycles. The first kappa shape index (κ1) is 15.7. The number of aromatic nitrogens is 2. The number of carbonyl (C=O) groups excluding carboxylic acids is 1. The van der Waals surface area contributed by atoms with Crippen LogP contribution in [0.15, 0.2) is 42.9 Å². The Hall–Kier alpha value is -2.18. The monoisotopic (exact) mass is 332 g/mol. The molecule has 0 bridgehead atoms. The molecular formula is C16H17ClN4O2. The van der Waals surface area contributed by atoms with Crippen molar-refractivity contribution in [3.8, 4) is 0 Å². The van der Waals surface area contributed by atoms with Gasteiger partial charge in [-0.2, -0.15) is 0 Å². The van der Waals surface area contributed by atoms with Crippen molar-refractivity contribution in [1.29, 1.82) is 0 Å². The zero-order valence-corrected chi connectivity index (χ0v) is 13.1. The van der Waals surface area contributed by atoms with Crippen LogP contribution in [0.5, 0.6) is 0 Å². The fourth-order valence-corrected chi connectivity index (χ4v) is 2.99. The smallest absolute Gasteiger partial charge is 0.253 e. The van der Waals surface area contributed by atoms with Crippen molar-refractivity contribution in [3.63, 3.8) is 0 Å². The molecule has 1 aliphatic rings. The van der Waals surface area contributed by atoms with E-state index in [1.165, 1.54) is 6.33 Å². The summed E-state index contributed by atoms with van der Waals surface area (Å²) in [5, 5.41) is 13.0. The number of aliphatic hydroxyl groups excluding tert-OH is 1. The lowest BCUT2D eigenvalue weighted by molar-refractivity contribution is 0.0922. The van der Waals surface area contributed by atoms with Crippen molar-refractivity contribution in [2.75, 3.05) is 24.6 Å². The van der Waals surface area contributed by atoms with E-state index in [4.69, 9.17) is 11.6 Å². The maximum absolute atomic E-state index is 12.4. The van der Waals surface area contributed by atoms with Crippen LogP contribution in [0.25, 0.3) is 0 Å². The largest absolute Gasteiger partial charge is 0.396 e. The minimum Gasteiger partial charge on any atom is -0.396 e. The SMILES string of the molecule is O=C(N[C@@H]1CN(c2ccncn2)C[C@H]1CO)c1ccccc1Cl. The van der Waals surface area contributed by atoms with Crippen molar-refractivity contribution >= 4 is 23.3 Å². The molecule has 23 heavy (non-hydrogen) atoms. The Morgan fingerprint density at radius 2 is 2.17 bits per heavy atom. The highest BCUT2D eigenvalue weighted by molar-refractivity contribution is 6.33. The second-order valence-corrected chi connectivity index (χ2v) is 5.88. The number of nitrogens with zero attached hydrogens (tertiary/aromatic N) is 3. The summed E-state index contributed by atoms with van der Waals surface area (Å²) in [6.07, 6.45) is 3.16. The maximum Gasteiger partial charge on any atom is 0.253 e. The van der Waals surface area contributed by atoms with E-state index in [2.05, 4.69) is 15.3 Å². The number of nitrogens with one attached hydrogen (secondary N) is 1. The van der Waals surface area contributed by atoms with Crippen LogP contribution in [0.2, 0.25) is 5.02 Å². The molecule has 1 saturated heterocycles. The summed E-state index contributed by atoms with van der Waals surface area (Å²) >= 11 is 6.06. The van der Waals surface area contributed by atoms with Gasteiger partial charge in [-0.25, -0.2) is 9.97 Å². The molecule has 1 amide bonds. The summed E-state index contributed by atoms with van der Waals surface area (Å²) in [4.78, 5) is 22.5. The van der Waals surface area contributed by atoms with Crippen LogP contribution in [-0.2, 0) is 0 Å². The highest BCUT2D eigenvalue weighted by Crippen LogP contribution is 2.23. The van der Waals surface area contributed by atoms with Crippen molar-refractivity contribution in [2.24, 2.45) is 5.92 Å². The summed E-state index contributed by atoms with van der Waals surface area (Å²) in [6, 6.07) is 8.56. The predicted octanol–water partition coefficient (Wildman–Crippen LogP) is 1.36. The van der Waals surface area contributed by atoms with Crippen molar-refractivity contribution in [2.45, 2.75) is 6.04 Å². The summed E-state index contributed by atoms with van der Waals surface area (Å²) in [5.41, 5.74) is 0.436. The van der Waals surface area contributed by atoms with Crippen LogP contribution < -0.4 is 10.2 Å². The molecule has 1 aromatic heterocycles. The number of rotatable bonds is 4. The molecular weight excluding hydrogens is 316 g/mol. The number of anilines is 1. The topological polar surface area (TPSA) is 78.4 Å². The molecule has 2 N–H and O–H groups in total. The van der Waals surface area contributed by atoms with Gasteiger partial charge in [0, 0.05) is 31.8 Å². The molecule has 6 nitrogen and oxygen atoms in total. The van der Waals surface area contributed by atoms with Gasteiger partial charge in [0.15, 0.2) is 0 Å². The molecule has 0 saturated carbocycles. The first-order chi connectivity index (χ1) is 11.2. The normalized spacial score (nSPS) is 20.5. The fourth-order valence-electron chi connectivity index (χ4n) is 2.77. The molecule has 0 unspecified atom stereocenters. The molecule has 3 rings (SSSR count). The predicted molar refractivity (Wildman–Crippen MR) is 87.5 cm³/mol. The lowest BCUT2D eigenvalue weighted by Gasteiger charge is -2.18. The minimum atomic E-state index is -0.233. The van der Waals surface area contributed by atoms with Gasteiger partial charge in [0.2, 0.25) is 0 Å². The Morgan fingerprint density at radius 3 is 2.87 bits per heavy atom. The Kier molecular flexibility index (Phi) is 4.73. The third-order valence-corrected chi connectivity index (χ3v) is 4.33. The lowest BCUT2D eigenvalue weighted by Crippen LogP contribution is -2.41. The summed E-state index contributed by atoms with van der Waals surface area (Å²) in [6.45, 7) is 1.20. The molecule has 0 spiro atoms. The molecule has 2 atom stereocenters. The van der Waals surface area contributed by atoms with Gasteiger partial charge in [0.1, 0.15) is 12.1 Å². The highest BCUT2D eigenvalue weighted by atomic mass is 35.5. The van der Waals surface area contributed by atoms with E-state index in [1.54, 1.807) is 30.5 Å². The zero-order chi connectivity index (χ0) is 16.2. The molecule has 120 valence electrons. The van der Waals surface area contributed by atoms with Gasteiger partial charge in [-0.3, -0.25) is 4.79 Å². The van der Waals surface area contributed by atoms with Crippen LogP contribution in [0.3, 0.4) is 0 Å². The van der Waals surface area contributed by atoms with Gasteiger partial charge in [-0.05, 0) is 18.2 Å². The van der Waals surface area contributed by atoms with E-state index in [9.17, 15) is 9.90 Å². The standard InChI is InChI=1S/C16H17ClN4O2/c17-13-4-2-1-3-12(13)16(23)20-14-8-21(7-11(14)9-22)15-5-6-18-10-19-15/h1-6,10-11,14,22H,7-9H2,(H,20,23)/t11-,14+/m0/s1. The van der Waals surface area contributed by atoms with E-state index >= 15 is 0 Å². The Bertz CT molecular complexity index is 683. The van der Waals surface area contributed by atoms with E-state index in [0.717, 1.165) is 5.82 Å². The second kappa shape index (κ2) is 6.93. The van der Waals surface area contributed by atoms with Crippen LogP contribution >= 0.6 is 11.6 Å². The second-order valence-electron chi connectivity index (χ2n) is 5.48. The number of hydrogen-bond acceptors (Lipinski definition) is 5. The first-order valence-electron chi connectivity index (χ1n) is 7.36. The quantitative estimate of drug-likeness (QED) is 0.884. The third kappa shape index (κ3) is 3.43. The number of amides is 1. The average Bonchev–Trinajstić information content (AvgIpc) is 2.99. The Balaban J connectivity index is 1.72.